The molecule has 3 aromatic carbocycles. The van der Waals surface area contributed by atoms with Gasteiger partial charge in [-0.05, 0) is 78.7 Å². The van der Waals surface area contributed by atoms with E-state index in [0.717, 1.165) is 33.4 Å². The molecular formula is C40H35Cl2N5O4. The van der Waals surface area contributed by atoms with Crippen molar-refractivity contribution in [2.24, 2.45) is 0 Å². The molecule has 9 nitrogen and oxygen atoms in total. The van der Waals surface area contributed by atoms with Crippen molar-refractivity contribution in [1.82, 2.24) is 19.9 Å². The number of methoxy groups -OCH3 is 1. The fourth-order valence-corrected chi connectivity index (χ4v) is 6.13. The molecule has 0 aliphatic heterocycles. The molecule has 0 unspecified atom stereocenters. The normalized spacial score (nSPS) is 11.2. The number of hydrogen-bond donors (Lipinski definition) is 1. The van der Waals surface area contributed by atoms with E-state index in [1.807, 2.05) is 103 Å². The minimum absolute atomic E-state index is 0.0468. The van der Waals surface area contributed by atoms with Crippen LogP contribution in [0.4, 0.5) is 5.69 Å². The Morgan fingerprint density at radius 3 is 2.59 bits per heavy atom. The molecule has 0 spiro atoms. The van der Waals surface area contributed by atoms with E-state index in [1.54, 1.807) is 29.4 Å². The molecule has 258 valence electrons. The van der Waals surface area contributed by atoms with Gasteiger partial charge >= 0.3 is 0 Å². The van der Waals surface area contributed by atoms with E-state index in [-0.39, 0.29) is 31.6 Å². The molecule has 2 amide bonds. The first kappa shape index (κ1) is 35.3. The average Bonchev–Trinajstić information content (AvgIpc) is 3.61. The van der Waals surface area contributed by atoms with Crippen LogP contribution >= 0.6 is 23.2 Å². The summed E-state index contributed by atoms with van der Waals surface area (Å²) in [4.78, 5) is 36.1. The Labute approximate surface area is 306 Å². The third-order valence-electron chi connectivity index (χ3n) is 8.16. The van der Waals surface area contributed by atoms with Crippen molar-refractivity contribution in [1.29, 1.82) is 0 Å². The fraction of sp³-hybridized carbons (Fsp3) is 0.150. The second-order valence-electron chi connectivity index (χ2n) is 11.7. The van der Waals surface area contributed by atoms with Gasteiger partial charge in [-0.15, -0.1) is 0 Å². The van der Waals surface area contributed by atoms with Gasteiger partial charge in [-0.2, -0.15) is 0 Å². The van der Waals surface area contributed by atoms with Crippen molar-refractivity contribution in [3.05, 3.63) is 154 Å². The zero-order valence-corrected chi connectivity index (χ0v) is 29.6. The van der Waals surface area contributed by atoms with Gasteiger partial charge in [-0.1, -0.05) is 59.6 Å². The lowest BCUT2D eigenvalue weighted by Gasteiger charge is -2.22. The Hall–Kier alpha value is -5.48. The number of hydrogen-bond acceptors (Lipinski definition) is 6. The Morgan fingerprint density at radius 1 is 0.961 bits per heavy atom. The number of nitrogens with zero attached hydrogens (tertiary/aromatic N) is 4. The summed E-state index contributed by atoms with van der Waals surface area (Å²) in [6.45, 7) is 2.65. The number of carbonyl (C=O) groups is 2. The molecule has 0 bridgehead atoms. The Bertz CT molecular complexity index is 2190. The highest BCUT2D eigenvalue weighted by molar-refractivity contribution is 6.37. The molecule has 0 radical (unpaired) electrons. The lowest BCUT2D eigenvalue weighted by molar-refractivity contribution is -0.122. The quantitative estimate of drug-likeness (QED) is 0.121. The van der Waals surface area contributed by atoms with Crippen LogP contribution in [0.2, 0.25) is 10.0 Å². The summed E-state index contributed by atoms with van der Waals surface area (Å²) in [5.74, 6) is 0.198. The van der Waals surface area contributed by atoms with Crippen LogP contribution in [0.3, 0.4) is 0 Å². The number of rotatable bonds is 13. The number of nitrogens with one attached hydrogen (secondary N) is 1. The predicted octanol–water partition coefficient (Wildman–Crippen LogP) is 8.12. The Kier molecular flexibility index (Phi) is 11.4. The molecule has 51 heavy (non-hydrogen) atoms. The Balaban J connectivity index is 1.10. The number of halogens is 2. The first-order chi connectivity index (χ1) is 24.8. The second kappa shape index (κ2) is 16.5. The number of carbonyl (C=O) groups excluding carboxylic acids is 2. The van der Waals surface area contributed by atoms with E-state index in [0.29, 0.717) is 39.3 Å². The minimum Gasteiger partial charge on any atom is -0.487 e. The average molecular weight is 721 g/mol. The van der Waals surface area contributed by atoms with Crippen LogP contribution in [0.15, 0.2) is 116 Å². The number of benzene rings is 3. The van der Waals surface area contributed by atoms with E-state index < -0.39 is 0 Å². The van der Waals surface area contributed by atoms with E-state index in [9.17, 15) is 9.59 Å². The van der Waals surface area contributed by atoms with Crippen molar-refractivity contribution in [3.63, 3.8) is 0 Å². The minimum atomic E-state index is -0.268. The van der Waals surface area contributed by atoms with Gasteiger partial charge in [0.2, 0.25) is 5.91 Å². The highest BCUT2D eigenvalue weighted by Gasteiger charge is 2.18. The molecule has 0 atom stereocenters. The van der Waals surface area contributed by atoms with Crippen LogP contribution in [0.1, 0.15) is 28.1 Å². The molecule has 1 N–H and O–H groups in total. The maximum absolute atomic E-state index is 12.9. The summed E-state index contributed by atoms with van der Waals surface area (Å²) < 4.78 is 13.2. The summed E-state index contributed by atoms with van der Waals surface area (Å²) in [6.07, 6.45) is 8.48. The van der Waals surface area contributed by atoms with E-state index in [4.69, 9.17) is 32.7 Å². The maximum Gasteiger partial charge on any atom is 0.253 e. The molecule has 0 aliphatic rings. The number of amides is 2. The van der Waals surface area contributed by atoms with Gasteiger partial charge in [0.25, 0.3) is 5.91 Å². The van der Waals surface area contributed by atoms with Gasteiger partial charge < -0.3 is 24.3 Å². The van der Waals surface area contributed by atoms with Crippen molar-refractivity contribution in [3.8, 4) is 11.4 Å². The van der Waals surface area contributed by atoms with Gasteiger partial charge in [-0.25, -0.2) is 4.98 Å². The number of aromatic nitrogens is 3. The monoisotopic (exact) mass is 719 g/mol. The lowest BCUT2D eigenvalue weighted by Crippen LogP contribution is -2.33. The van der Waals surface area contributed by atoms with Crippen LogP contribution in [0.5, 0.6) is 5.75 Å². The molecule has 11 heteroatoms. The molecule has 0 aliphatic carbocycles. The molecule has 6 rings (SSSR count). The van der Waals surface area contributed by atoms with Crippen LogP contribution in [0.25, 0.3) is 22.7 Å². The molecular weight excluding hydrogens is 685 g/mol. The maximum atomic E-state index is 12.9. The summed E-state index contributed by atoms with van der Waals surface area (Å²) in [6, 6.07) is 28.3. The molecule has 3 aromatic heterocycles. The van der Waals surface area contributed by atoms with E-state index in [1.165, 1.54) is 13.2 Å². The highest BCUT2D eigenvalue weighted by atomic mass is 35.5. The fourth-order valence-electron chi connectivity index (χ4n) is 5.56. The van der Waals surface area contributed by atoms with Crippen LogP contribution in [-0.2, 0) is 34.0 Å². The molecule has 0 saturated heterocycles. The van der Waals surface area contributed by atoms with Crippen molar-refractivity contribution >= 4 is 57.7 Å². The third kappa shape index (κ3) is 8.64. The number of pyridine rings is 2. The third-order valence-corrected chi connectivity index (χ3v) is 8.94. The van der Waals surface area contributed by atoms with Gasteiger partial charge in [0, 0.05) is 64.8 Å². The van der Waals surface area contributed by atoms with E-state index >= 15 is 0 Å². The summed E-state index contributed by atoms with van der Waals surface area (Å²) in [7, 11) is 1.49. The number of anilines is 1. The smallest absolute Gasteiger partial charge is 0.253 e. The summed E-state index contributed by atoms with van der Waals surface area (Å²) >= 11 is 13.5. The first-order valence-corrected chi connectivity index (χ1v) is 16.9. The summed E-state index contributed by atoms with van der Waals surface area (Å²) in [5, 5.41) is 4.85. The lowest BCUT2D eigenvalue weighted by atomic mass is 10.1. The van der Waals surface area contributed by atoms with Crippen LogP contribution < -0.4 is 15.0 Å². The van der Waals surface area contributed by atoms with E-state index in [2.05, 4.69) is 15.3 Å². The zero-order valence-electron chi connectivity index (χ0n) is 28.1. The molecule has 0 fully saturated rings. The number of aryl methyl sites for hydroxylation is 1. The highest BCUT2D eigenvalue weighted by Crippen LogP contribution is 2.33. The van der Waals surface area contributed by atoms with Gasteiger partial charge in [-0.3, -0.25) is 14.6 Å². The molecule has 0 saturated carbocycles. The van der Waals surface area contributed by atoms with Gasteiger partial charge in [0.05, 0.1) is 23.8 Å². The van der Waals surface area contributed by atoms with Gasteiger partial charge in [0.15, 0.2) is 0 Å². The second-order valence-corrected chi connectivity index (χ2v) is 12.5. The SMILES string of the molecule is COCC(=O)N(Cc1cccnc1)c1ccc(C=CC(=O)NCc2cccn2-c2ccc(Cl)c(COc3cccc4ccc(C)nc34)c2Cl)cc1. The van der Waals surface area contributed by atoms with Crippen molar-refractivity contribution in [2.45, 2.75) is 26.6 Å². The Morgan fingerprint density at radius 2 is 1.80 bits per heavy atom. The van der Waals surface area contributed by atoms with Crippen molar-refractivity contribution < 1.29 is 19.1 Å². The zero-order chi connectivity index (χ0) is 35.7. The number of para-hydroxylation sites is 1. The molecule has 3 heterocycles. The number of ether oxygens (including phenoxy) is 2. The predicted molar refractivity (Wildman–Crippen MR) is 201 cm³/mol. The topological polar surface area (TPSA) is 98.6 Å². The van der Waals surface area contributed by atoms with Crippen molar-refractivity contribution in [2.75, 3.05) is 18.6 Å². The largest absolute Gasteiger partial charge is 0.487 e. The van der Waals surface area contributed by atoms with Gasteiger partial charge in [0.1, 0.15) is 24.5 Å². The standard InChI is InChI=1S/C40H35Cl2N5O4/c1-27-10-14-30-7-3-9-36(40(30)45-27)51-25-33-34(41)17-18-35(39(33)42)46-21-5-8-32(46)23-44-37(48)19-13-28-11-15-31(16-12-28)47(38(49)26-50-2)24-29-6-4-20-43-22-29/h3-22H,23-26H2,1-2H3,(H,44,48). The first-order valence-electron chi connectivity index (χ1n) is 16.2. The van der Waals surface area contributed by atoms with Crippen LogP contribution in [-0.4, -0.2) is 40.1 Å². The van der Waals surface area contributed by atoms with Crippen LogP contribution in [0, 0.1) is 6.92 Å². The number of fused-ring (bicyclic) bond motifs is 1. The summed E-state index contributed by atoms with van der Waals surface area (Å²) in [5.41, 5.74) is 6.24. The molecule has 6 aromatic rings.